The first-order valence-corrected chi connectivity index (χ1v) is 7.67. The molecule has 0 atom stereocenters. The van der Waals surface area contributed by atoms with Crippen molar-refractivity contribution < 1.29 is 5.21 Å². The molecule has 100 valence electrons. The Morgan fingerprint density at radius 3 is 2.71 bits per heavy atom. The second kappa shape index (κ2) is 7.82. The lowest BCUT2D eigenvalue weighted by Gasteiger charge is -2.27. The Labute approximate surface area is 108 Å². The zero-order chi connectivity index (χ0) is 12.6. The molecule has 1 aliphatic carbocycles. The minimum atomic E-state index is 0.335. The van der Waals surface area contributed by atoms with Crippen molar-refractivity contribution in [3.63, 3.8) is 0 Å². The molecule has 0 bridgehead atoms. The lowest BCUT2D eigenvalue weighted by molar-refractivity contribution is 0.316. The van der Waals surface area contributed by atoms with Gasteiger partial charge in [-0.15, -0.1) is 0 Å². The molecule has 17 heavy (non-hydrogen) atoms. The summed E-state index contributed by atoms with van der Waals surface area (Å²) < 4.78 is 0.492. The normalized spacial score (nSPS) is 19.7. The first-order valence-electron chi connectivity index (χ1n) is 6.45. The molecular weight excluding hydrogens is 234 g/mol. The monoisotopic (exact) mass is 259 g/mol. The van der Waals surface area contributed by atoms with E-state index in [1.807, 2.05) is 11.8 Å². The summed E-state index contributed by atoms with van der Waals surface area (Å²) in [6.45, 7) is 2.15. The van der Waals surface area contributed by atoms with Crippen LogP contribution in [0.3, 0.4) is 0 Å². The first kappa shape index (κ1) is 14.6. The number of oxime groups is 1. The summed E-state index contributed by atoms with van der Waals surface area (Å²) in [5.74, 6) is 0.335. The number of amidine groups is 1. The zero-order valence-corrected chi connectivity index (χ0v) is 11.6. The Hall–Kier alpha value is -0.420. The predicted molar refractivity (Wildman–Crippen MR) is 74.8 cm³/mol. The number of hydrogen-bond acceptors (Lipinski definition) is 4. The van der Waals surface area contributed by atoms with Crippen LogP contribution < -0.4 is 11.1 Å². The highest BCUT2D eigenvalue weighted by Crippen LogP contribution is 2.39. The predicted octanol–water partition coefficient (Wildman–Crippen LogP) is 2.17. The third-order valence-electron chi connectivity index (χ3n) is 3.56. The number of hydrogen-bond donors (Lipinski definition) is 3. The van der Waals surface area contributed by atoms with E-state index in [1.165, 1.54) is 25.7 Å². The molecule has 0 spiro atoms. The standard InChI is InChI=1S/C12H25N3OS/c1-17-12(7-3-4-8-12)10-14-9-5-2-6-11(13)15-16/h14,16H,2-10H2,1H3,(H2,13,15). The molecule has 1 aliphatic rings. The number of nitrogens with one attached hydrogen (secondary N) is 1. The topological polar surface area (TPSA) is 70.6 Å². The Morgan fingerprint density at radius 2 is 2.12 bits per heavy atom. The van der Waals surface area contributed by atoms with Crippen molar-refractivity contribution in [1.82, 2.24) is 5.32 Å². The highest BCUT2D eigenvalue weighted by molar-refractivity contribution is 8.00. The Balaban J connectivity index is 2.03. The van der Waals surface area contributed by atoms with Crippen LogP contribution in [0.4, 0.5) is 0 Å². The fourth-order valence-corrected chi connectivity index (χ4v) is 3.34. The van der Waals surface area contributed by atoms with Crippen LogP contribution in [0.1, 0.15) is 44.9 Å². The average molecular weight is 259 g/mol. The van der Waals surface area contributed by atoms with Gasteiger partial charge in [-0.3, -0.25) is 0 Å². The smallest absolute Gasteiger partial charge is 0.139 e. The number of rotatable bonds is 8. The summed E-state index contributed by atoms with van der Waals surface area (Å²) in [5.41, 5.74) is 5.41. The minimum absolute atomic E-state index is 0.335. The zero-order valence-electron chi connectivity index (χ0n) is 10.7. The van der Waals surface area contributed by atoms with Crippen LogP contribution in [0.2, 0.25) is 0 Å². The highest BCUT2D eigenvalue weighted by Gasteiger charge is 2.32. The van der Waals surface area contributed by atoms with Crippen molar-refractivity contribution in [2.45, 2.75) is 49.7 Å². The SMILES string of the molecule is CSC1(CNCCCCC(N)=NO)CCCC1. The van der Waals surface area contributed by atoms with E-state index in [4.69, 9.17) is 10.9 Å². The summed E-state index contributed by atoms with van der Waals surface area (Å²) in [5, 5.41) is 14.9. The van der Waals surface area contributed by atoms with Crippen LogP contribution in [0.15, 0.2) is 5.16 Å². The van der Waals surface area contributed by atoms with E-state index in [0.29, 0.717) is 17.0 Å². The van der Waals surface area contributed by atoms with Gasteiger partial charge in [-0.2, -0.15) is 11.8 Å². The molecule has 0 heterocycles. The Morgan fingerprint density at radius 1 is 1.41 bits per heavy atom. The molecule has 0 amide bonds. The molecule has 0 aromatic rings. The molecule has 1 fully saturated rings. The molecule has 0 unspecified atom stereocenters. The quantitative estimate of drug-likeness (QED) is 0.205. The van der Waals surface area contributed by atoms with Crippen molar-refractivity contribution in [3.05, 3.63) is 0 Å². The molecule has 5 heteroatoms. The van der Waals surface area contributed by atoms with Gasteiger partial charge in [0.2, 0.25) is 0 Å². The summed E-state index contributed by atoms with van der Waals surface area (Å²) in [4.78, 5) is 0. The molecule has 4 nitrogen and oxygen atoms in total. The van der Waals surface area contributed by atoms with Gasteiger partial charge in [-0.05, 0) is 38.5 Å². The molecule has 0 aromatic heterocycles. The van der Waals surface area contributed by atoms with Gasteiger partial charge in [-0.1, -0.05) is 18.0 Å². The minimum Gasteiger partial charge on any atom is -0.409 e. The van der Waals surface area contributed by atoms with Crippen molar-refractivity contribution in [2.24, 2.45) is 10.9 Å². The molecule has 4 N–H and O–H groups in total. The van der Waals surface area contributed by atoms with E-state index < -0.39 is 0 Å². The number of thioether (sulfide) groups is 1. The van der Waals surface area contributed by atoms with Crippen LogP contribution in [0, 0.1) is 0 Å². The first-order chi connectivity index (χ1) is 8.22. The van der Waals surface area contributed by atoms with Gasteiger partial charge in [0, 0.05) is 17.7 Å². The maximum Gasteiger partial charge on any atom is 0.139 e. The molecule has 0 radical (unpaired) electrons. The fraction of sp³-hybridized carbons (Fsp3) is 0.917. The van der Waals surface area contributed by atoms with Crippen molar-refractivity contribution >= 4 is 17.6 Å². The van der Waals surface area contributed by atoms with Gasteiger partial charge in [0.15, 0.2) is 0 Å². The molecule has 0 aromatic carbocycles. The number of unbranched alkanes of at least 4 members (excludes halogenated alkanes) is 1. The molecule has 1 saturated carbocycles. The third-order valence-corrected chi connectivity index (χ3v) is 4.98. The van der Waals surface area contributed by atoms with E-state index in [1.54, 1.807) is 0 Å². The van der Waals surface area contributed by atoms with Crippen molar-refractivity contribution in [3.8, 4) is 0 Å². The van der Waals surface area contributed by atoms with E-state index in [2.05, 4.69) is 16.7 Å². The average Bonchev–Trinajstić information content (AvgIpc) is 2.82. The van der Waals surface area contributed by atoms with E-state index in [9.17, 15) is 0 Å². The van der Waals surface area contributed by atoms with Gasteiger partial charge >= 0.3 is 0 Å². The fourth-order valence-electron chi connectivity index (χ4n) is 2.39. The summed E-state index contributed by atoms with van der Waals surface area (Å²) in [6.07, 6.45) is 10.4. The van der Waals surface area contributed by atoms with Gasteiger partial charge < -0.3 is 16.3 Å². The molecule has 1 rings (SSSR count). The third kappa shape index (κ3) is 5.17. The van der Waals surface area contributed by atoms with Crippen LogP contribution in [0.5, 0.6) is 0 Å². The van der Waals surface area contributed by atoms with Crippen molar-refractivity contribution in [1.29, 1.82) is 0 Å². The second-order valence-electron chi connectivity index (χ2n) is 4.82. The van der Waals surface area contributed by atoms with Crippen molar-refractivity contribution in [2.75, 3.05) is 19.3 Å². The van der Waals surface area contributed by atoms with E-state index in [-0.39, 0.29) is 0 Å². The lowest BCUT2D eigenvalue weighted by atomic mass is 10.1. The van der Waals surface area contributed by atoms with Crippen LogP contribution >= 0.6 is 11.8 Å². The number of nitrogens with two attached hydrogens (primary N) is 1. The maximum atomic E-state index is 8.39. The van der Waals surface area contributed by atoms with Crippen LogP contribution in [-0.2, 0) is 0 Å². The second-order valence-corrected chi connectivity index (χ2v) is 6.09. The van der Waals surface area contributed by atoms with E-state index in [0.717, 1.165) is 25.9 Å². The highest BCUT2D eigenvalue weighted by atomic mass is 32.2. The van der Waals surface area contributed by atoms with Crippen LogP contribution in [0.25, 0.3) is 0 Å². The van der Waals surface area contributed by atoms with Gasteiger partial charge in [0.25, 0.3) is 0 Å². The van der Waals surface area contributed by atoms with Gasteiger partial charge in [0.05, 0.1) is 0 Å². The Bertz CT molecular complexity index is 240. The summed E-state index contributed by atoms with van der Waals surface area (Å²) in [7, 11) is 0. The summed E-state index contributed by atoms with van der Waals surface area (Å²) in [6, 6.07) is 0. The molecular formula is C12H25N3OS. The lowest BCUT2D eigenvalue weighted by Crippen LogP contribution is -2.35. The van der Waals surface area contributed by atoms with Gasteiger partial charge in [0.1, 0.15) is 5.84 Å². The molecule has 0 saturated heterocycles. The number of nitrogens with zero attached hydrogens (tertiary/aromatic N) is 1. The van der Waals surface area contributed by atoms with Gasteiger partial charge in [-0.25, -0.2) is 0 Å². The molecule has 0 aliphatic heterocycles. The largest absolute Gasteiger partial charge is 0.409 e. The van der Waals surface area contributed by atoms with Crippen LogP contribution in [-0.4, -0.2) is 35.1 Å². The Kier molecular flexibility index (Phi) is 6.73. The maximum absolute atomic E-state index is 8.39. The van der Waals surface area contributed by atoms with E-state index >= 15 is 0 Å². The summed E-state index contributed by atoms with van der Waals surface area (Å²) >= 11 is 2.02.